The van der Waals surface area contributed by atoms with Crippen LogP contribution in [0.2, 0.25) is 0 Å². The van der Waals surface area contributed by atoms with Gasteiger partial charge in [0.25, 0.3) is 5.91 Å². The fourth-order valence-corrected chi connectivity index (χ4v) is 5.40. The molecule has 0 saturated carbocycles. The van der Waals surface area contributed by atoms with Gasteiger partial charge in [0.05, 0.1) is 23.3 Å². The Morgan fingerprint density at radius 2 is 1.83 bits per heavy atom. The van der Waals surface area contributed by atoms with Crippen LogP contribution < -0.4 is 0 Å². The van der Waals surface area contributed by atoms with E-state index in [2.05, 4.69) is 20.4 Å². The van der Waals surface area contributed by atoms with Gasteiger partial charge in [-0.15, -0.1) is 5.10 Å². The molecule has 158 valence electrons. The molecule has 4 rings (SSSR count). The van der Waals surface area contributed by atoms with E-state index in [9.17, 15) is 13.2 Å². The summed E-state index contributed by atoms with van der Waals surface area (Å²) < 4.78 is 27.6. The largest absolute Gasteiger partial charge is 0.336 e. The molecule has 1 N–H and O–H groups in total. The number of hydrogen-bond acceptors (Lipinski definition) is 6. The number of benzene rings is 1. The number of rotatable bonds is 4. The van der Waals surface area contributed by atoms with E-state index >= 15 is 0 Å². The summed E-state index contributed by atoms with van der Waals surface area (Å²) in [6, 6.07) is 9.33. The van der Waals surface area contributed by atoms with Crippen LogP contribution in [0.5, 0.6) is 0 Å². The molecule has 10 nitrogen and oxygen atoms in total. The average molecular weight is 430 g/mol. The molecule has 1 amide bonds. The third-order valence-corrected chi connectivity index (χ3v) is 7.26. The zero-order valence-electron chi connectivity index (χ0n) is 16.8. The highest BCUT2D eigenvalue weighted by Crippen LogP contribution is 2.23. The predicted octanol–water partition coefficient (Wildman–Crippen LogP) is 1.14. The minimum atomic E-state index is -3.68. The summed E-state index contributed by atoms with van der Waals surface area (Å²) in [4.78, 5) is 16.2. The minimum absolute atomic E-state index is 0.213. The molecule has 0 atom stereocenters. The molecule has 1 aliphatic heterocycles. The first-order valence-corrected chi connectivity index (χ1v) is 11.1. The number of aromatic amines is 1. The first-order valence-electron chi connectivity index (χ1n) is 9.66. The number of para-hydroxylation sites is 1. The van der Waals surface area contributed by atoms with Gasteiger partial charge in [0.1, 0.15) is 4.90 Å². The van der Waals surface area contributed by atoms with Crippen molar-refractivity contribution in [3.8, 4) is 5.69 Å². The van der Waals surface area contributed by atoms with Crippen molar-refractivity contribution in [2.75, 3.05) is 26.2 Å². The molecule has 11 heteroatoms. The van der Waals surface area contributed by atoms with Crippen LogP contribution in [0.3, 0.4) is 0 Å². The van der Waals surface area contributed by atoms with Crippen molar-refractivity contribution in [1.82, 2.24) is 34.4 Å². The molecule has 1 aromatic carbocycles. The van der Waals surface area contributed by atoms with E-state index in [4.69, 9.17) is 0 Å². The monoisotopic (exact) mass is 429 g/mol. The van der Waals surface area contributed by atoms with Crippen molar-refractivity contribution >= 4 is 15.9 Å². The van der Waals surface area contributed by atoms with E-state index in [1.165, 1.54) is 15.3 Å². The van der Waals surface area contributed by atoms with Crippen LogP contribution in [0.25, 0.3) is 5.69 Å². The fourth-order valence-electron chi connectivity index (χ4n) is 3.60. The maximum Gasteiger partial charge on any atom is 0.276 e. The molecule has 1 aliphatic rings. The van der Waals surface area contributed by atoms with Gasteiger partial charge in [-0.25, -0.2) is 8.42 Å². The van der Waals surface area contributed by atoms with Crippen LogP contribution in [0.4, 0.5) is 0 Å². The highest BCUT2D eigenvalue weighted by molar-refractivity contribution is 7.89. The van der Waals surface area contributed by atoms with Gasteiger partial charge in [-0.05, 0) is 32.4 Å². The highest BCUT2D eigenvalue weighted by Gasteiger charge is 2.32. The third kappa shape index (κ3) is 3.73. The maximum absolute atomic E-state index is 13.1. The Bertz CT molecular complexity index is 1130. The van der Waals surface area contributed by atoms with Crippen LogP contribution in [0.15, 0.2) is 41.4 Å². The number of sulfonamides is 1. The standard InChI is InChI=1S/C19H23N7O3S/c1-14-18(15(2)22-21-14)30(28,29)25-10-6-9-24(11-12-25)19(27)17-13-20-26(23-17)16-7-4-3-5-8-16/h3-5,7-8,13H,6,9-12H2,1-2H3,(H,21,22). The summed E-state index contributed by atoms with van der Waals surface area (Å²) in [5, 5.41) is 15.2. The number of carbonyl (C=O) groups is 1. The van der Waals surface area contributed by atoms with Gasteiger partial charge in [0.2, 0.25) is 10.0 Å². The molecule has 0 unspecified atom stereocenters. The van der Waals surface area contributed by atoms with E-state index < -0.39 is 10.0 Å². The van der Waals surface area contributed by atoms with E-state index in [1.807, 2.05) is 30.3 Å². The maximum atomic E-state index is 13.1. The second kappa shape index (κ2) is 8.00. The lowest BCUT2D eigenvalue weighted by Gasteiger charge is -2.21. The van der Waals surface area contributed by atoms with Gasteiger partial charge in [0.15, 0.2) is 5.69 Å². The number of nitrogens with zero attached hydrogens (tertiary/aromatic N) is 6. The Kier molecular flexibility index (Phi) is 5.39. The van der Waals surface area contributed by atoms with Gasteiger partial charge in [-0.3, -0.25) is 9.89 Å². The molecule has 1 saturated heterocycles. The molecule has 2 aromatic heterocycles. The number of carbonyl (C=O) groups excluding carboxylic acids is 1. The highest BCUT2D eigenvalue weighted by atomic mass is 32.2. The van der Waals surface area contributed by atoms with Crippen LogP contribution in [-0.2, 0) is 10.0 Å². The molecule has 0 radical (unpaired) electrons. The zero-order chi connectivity index (χ0) is 21.3. The van der Waals surface area contributed by atoms with E-state index in [0.29, 0.717) is 30.9 Å². The number of hydrogen-bond donors (Lipinski definition) is 1. The molecular weight excluding hydrogens is 406 g/mol. The number of aromatic nitrogens is 5. The summed E-state index contributed by atoms with van der Waals surface area (Å²) >= 11 is 0. The van der Waals surface area contributed by atoms with Gasteiger partial charge < -0.3 is 4.90 Å². The second-order valence-electron chi connectivity index (χ2n) is 7.17. The normalized spacial score (nSPS) is 15.9. The molecule has 1 fully saturated rings. The van der Waals surface area contributed by atoms with Crippen LogP contribution >= 0.6 is 0 Å². The molecule has 30 heavy (non-hydrogen) atoms. The molecule has 0 bridgehead atoms. The smallest absolute Gasteiger partial charge is 0.276 e. The second-order valence-corrected chi connectivity index (χ2v) is 9.04. The van der Waals surface area contributed by atoms with Gasteiger partial charge in [-0.1, -0.05) is 18.2 Å². The SMILES string of the molecule is Cc1n[nH]c(C)c1S(=O)(=O)N1CCCN(C(=O)c2cnn(-c3ccccc3)n2)CC1. The quantitative estimate of drug-likeness (QED) is 0.665. The minimum Gasteiger partial charge on any atom is -0.336 e. The Morgan fingerprint density at radius 1 is 1.07 bits per heavy atom. The molecular formula is C19H23N7O3S. The summed E-state index contributed by atoms with van der Waals surface area (Å²) in [7, 11) is -3.68. The third-order valence-electron chi connectivity index (χ3n) is 5.10. The predicted molar refractivity (Wildman–Crippen MR) is 109 cm³/mol. The van der Waals surface area contributed by atoms with Crippen LogP contribution in [0, 0.1) is 13.8 Å². The number of H-pyrrole nitrogens is 1. The summed E-state index contributed by atoms with van der Waals surface area (Å²) in [6.45, 7) is 4.65. The molecule has 3 heterocycles. The number of amides is 1. The molecule has 0 aliphatic carbocycles. The van der Waals surface area contributed by atoms with Crippen molar-refractivity contribution in [2.24, 2.45) is 0 Å². The van der Waals surface area contributed by atoms with Crippen molar-refractivity contribution in [1.29, 1.82) is 0 Å². The fraction of sp³-hybridized carbons (Fsp3) is 0.368. The van der Waals surface area contributed by atoms with E-state index in [-0.39, 0.29) is 29.6 Å². The summed E-state index contributed by atoms with van der Waals surface area (Å²) in [6.07, 6.45) is 1.97. The average Bonchev–Trinajstić information content (AvgIpc) is 3.27. The van der Waals surface area contributed by atoms with Crippen LogP contribution in [0.1, 0.15) is 28.3 Å². The van der Waals surface area contributed by atoms with Crippen molar-refractivity contribution in [2.45, 2.75) is 25.2 Å². The lowest BCUT2D eigenvalue weighted by molar-refractivity contribution is 0.0758. The zero-order valence-corrected chi connectivity index (χ0v) is 17.6. The number of nitrogens with one attached hydrogen (secondary N) is 1. The summed E-state index contributed by atoms with van der Waals surface area (Å²) in [5.41, 5.74) is 1.96. The van der Waals surface area contributed by atoms with Crippen molar-refractivity contribution in [3.05, 3.63) is 53.6 Å². The first-order chi connectivity index (χ1) is 14.4. The Hall–Kier alpha value is -3.05. The lowest BCUT2D eigenvalue weighted by Crippen LogP contribution is -2.37. The van der Waals surface area contributed by atoms with Crippen LogP contribution in [-0.4, -0.2) is 74.9 Å². The molecule has 3 aromatic rings. The van der Waals surface area contributed by atoms with E-state index in [1.54, 1.807) is 18.7 Å². The molecule has 0 spiro atoms. The Labute approximate surface area is 174 Å². The van der Waals surface area contributed by atoms with Crippen molar-refractivity contribution in [3.63, 3.8) is 0 Å². The lowest BCUT2D eigenvalue weighted by atomic mass is 10.3. The van der Waals surface area contributed by atoms with Gasteiger partial charge >= 0.3 is 0 Å². The first kappa shape index (κ1) is 20.2. The Morgan fingerprint density at radius 3 is 2.53 bits per heavy atom. The topological polar surface area (TPSA) is 117 Å². The Balaban J connectivity index is 1.48. The van der Waals surface area contributed by atoms with Gasteiger partial charge in [-0.2, -0.15) is 19.3 Å². The van der Waals surface area contributed by atoms with Gasteiger partial charge in [0, 0.05) is 26.2 Å². The number of aryl methyl sites for hydroxylation is 2. The van der Waals surface area contributed by atoms with Crippen molar-refractivity contribution < 1.29 is 13.2 Å². The summed E-state index contributed by atoms with van der Waals surface area (Å²) in [5.74, 6) is -0.257. The van der Waals surface area contributed by atoms with E-state index in [0.717, 1.165) is 5.69 Å².